The molecule has 5 rings (SSSR count). The number of carbonyl (C=O) groups excluding carboxylic acids is 2. The smallest absolute Gasteiger partial charge is 0.259 e. The Morgan fingerprint density at radius 3 is 2.50 bits per heavy atom. The topological polar surface area (TPSA) is 70.8 Å². The van der Waals surface area contributed by atoms with Crippen LogP contribution in [-0.2, 0) is 6.42 Å². The van der Waals surface area contributed by atoms with E-state index >= 15 is 0 Å². The van der Waals surface area contributed by atoms with Gasteiger partial charge in [0, 0.05) is 31.7 Å². The molecular weight excluding hydrogens is 378 g/mol. The van der Waals surface area contributed by atoms with E-state index in [1.54, 1.807) is 16.9 Å². The fourth-order valence-corrected chi connectivity index (χ4v) is 5.47. The quantitative estimate of drug-likeness (QED) is 0.763. The number of rotatable bonds is 2. The molecule has 2 aliphatic heterocycles. The zero-order valence-corrected chi connectivity index (χ0v) is 18.1. The minimum absolute atomic E-state index is 0.0101. The first-order valence-corrected chi connectivity index (χ1v) is 11.4. The van der Waals surface area contributed by atoms with E-state index in [1.807, 2.05) is 4.90 Å². The molecule has 0 aromatic carbocycles. The number of Topliss-reactive ketones (excluding diaryl/α,β-unsaturated/α-hetero) is 1. The molecule has 0 spiro atoms. The van der Waals surface area contributed by atoms with Gasteiger partial charge in [-0.05, 0) is 50.6 Å². The minimum Gasteiger partial charge on any atom is -0.338 e. The van der Waals surface area contributed by atoms with Crippen LogP contribution in [0.2, 0.25) is 0 Å². The molecular formula is C23H31N5O2. The summed E-state index contributed by atoms with van der Waals surface area (Å²) in [6, 6.07) is 0.608. The van der Waals surface area contributed by atoms with Gasteiger partial charge in [-0.3, -0.25) is 9.59 Å². The lowest BCUT2D eigenvalue weighted by atomic mass is 9.76. The Morgan fingerprint density at radius 2 is 1.77 bits per heavy atom. The largest absolute Gasteiger partial charge is 0.338 e. The van der Waals surface area contributed by atoms with E-state index in [-0.39, 0.29) is 17.1 Å². The molecule has 0 unspecified atom stereocenters. The molecule has 30 heavy (non-hydrogen) atoms. The van der Waals surface area contributed by atoms with Crippen molar-refractivity contribution in [2.75, 3.05) is 26.2 Å². The van der Waals surface area contributed by atoms with Gasteiger partial charge in [0.2, 0.25) is 0 Å². The molecule has 2 fully saturated rings. The van der Waals surface area contributed by atoms with Crippen molar-refractivity contribution in [1.29, 1.82) is 0 Å². The zero-order chi connectivity index (χ0) is 20.9. The number of likely N-dealkylation sites (tertiary alicyclic amines) is 2. The van der Waals surface area contributed by atoms with Gasteiger partial charge >= 0.3 is 0 Å². The van der Waals surface area contributed by atoms with Crippen LogP contribution in [0.1, 0.15) is 78.8 Å². The number of fused-ring (bicyclic) bond motifs is 3. The summed E-state index contributed by atoms with van der Waals surface area (Å²) < 4.78 is 1.72. The highest BCUT2D eigenvalue weighted by Gasteiger charge is 2.35. The zero-order valence-electron chi connectivity index (χ0n) is 18.1. The summed E-state index contributed by atoms with van der Waals surface area (Å²) in [4.78, 5) is 34.9. The van der Waals surface area contributed by atoms with Gasteiger partial charge in [0.1, 0.15) is 5.56 Å². The van der Waals surface area contributed by atoms with Crippen LogP contribution < -0.4 is 0 Å². The normalized spacial score (nSPS) is 23.0. The Balaban J connectivity index is 1.36. The fraction of sp³-hybridized carbons (Fsp3) is 0.652. The number of piperidine rings is 2. The first-order valence-electron chi connectivity index (χ1n) is 11.4. The van der Waals surface area contributed by atoms with Gasteiger partial charge in [-0.2, -0.15) is 5.10 Å². The van der Waals surface area contributed by atoms with E-state index in [9.17, 15) is 9.59 Å². The van der Waals surface area contributed by atoms with Gasteiger partial charge in [0.15, 0.2) is 11.4 Å². The number of hydrogen-bond acceptors (Lipinski definition) is 5. The maximum absolute atomic E-state index is 13.3. The minimum atomic E-state index is -0.106. The van der Waals surface area contributed by atoms with Crippen LogP contribution in [0.4, 0.5) is 0 Å². The van der Waals surface area contributed by atoms with Crippen molar-refractivity contribution in [2.45, 2.75) is 64.8 Å². The average Bonchev–Trinajstić information content (AvgIpc) is 3.18. The van der Waals surface area contributed by atoms with Crippen LogP contribution in [-0.4, -0.2) is 68.3 Å². The summed E-state index contributed by atoms with van der Waals surface area (Å²) in [6.45, 7) is 8.18. The summed E-state index contributed by atoms with van der Waals surface area (Å²) in [5.41, 5.74) is 2.54. The molecule has 0 radical (unpaired) electrons. The highest BCUT2D eigenvalue weighted by Crippen LogP contribution is 2.34. The van der Waals surface area contributed by atoms with Crippen LogP contribution in [0.15, 0.2) is 12.4 Å². The maximum atomic E-state index is 13.3. The van der Waals surface area contributed by atoms with Crippen molar-refractivity contribution >= 4 is 17.3 Å². The molecule has 3 aliphatic rings. The monoisotopic (exact) mass is 409 g/mol. The van der Waals surface area contributed by atoms with Gasteiger partial charge in [-0.25, -0.2) is 9.50 Å². The second-order valence-corrected chi connectivity index (χ2v) is 9.97. The van der Waals surface area contributed by atoms with Crippen molar-refractivity contribution < 1.29 is 9.59 Å². The number of aromatic nitrogens is 3. The van der Waals surface area contributed by atoms with Crippen molar-refractivity contribution in [3.63, 3.8) is 0 Å². The molecule has 160 valence electrons. The molecule has 7 nitrogen and oxygen atoms in total. The molecule has 7 heteroatoms. The third-order valence-corrected chi connectivity index (χ3v) is 7.10. The lowest BCUT2D eigenvalue weighted by Gasteiger charge is -2.40. The van der Waals surface area contributed by atoms with Gasteiger partial charge in [0.25, 0.3) is 5.91 Å². The Kier molecular flexibility index (Phi) is 4.88. The number of amides is 1. The Hall–Kier alpha value is -2.28. The van der Waals surface area contributed by atoms with Gasteiger partial charge in [-0.1, -0.05) is 20.3 Å². The van der Waals surface area contributed by atoms with Crippen molar-refractivity contribution in [2.24, 2.45) is 5.41 Å². The number of ketones is 1. The van der Waals surface area contributed by atoms with E-state index in [2.05, 4.69) is 28.8 Å². The van der Waals surface area contributed by atoms with Crippen molar-refractivity contribution in [1.82, 2.24) is 24.4 Å². The number of nitrogens with zero attached hydrogens (tertiary/aromatic N) is 5. The summed E-state index contributed by atoms with van der Waals surface area (Å²) in [6.07, 6.45) is 10.6. The van der Waals surface area contributed by atoms with Crippen molar-refractivity contribution in [3.8, 4) is 0 Å². The lowest BCUT2D eigenvalue weighted by Crippen LogP contribution is -2.48. The molecule has 2 aromatic heterocycles. The Labute approximate surface area is 177 Å². The van der Waals surface area contributed by atoms with Gasteiger partial charge in [0.05, 0.1) is 17.5 Å². The third kappa shape index (κ3) is 3.43. The fourth-order valence-electron chi connectivity index (χ4n) is 5.47. The number of hydrogen-bond donors (Lipinski definition) is 0. The summed E-state index contributed by atoms with van der Waals surface area (Å²) in [5.74, 6) is 0.120. The van der Waals surface area contributed by atoms with Crippen LogP contribution in [0, 0.1) is 5.41 Å². The molecule has 0 saturated carbocycles. The van der Waals surface area contributed by atoms with Gasteiger partial charge in [-0.15, -0.1) is 0 Å². The van der Waals surface area contributed by atoms with E-state index in [4.69, 9.17) is 0 Å². The molecule has 2 aromatic rings. The van der Waals surface area contributed by atoms with E-state index in [1.165, 1.54) is 32.4 Å². The molecule has 0 N–H and O–H groups in total. The molecule has 1 aliphatic carbocycles. The van der Waals surface area contributed by atoms with Gasteiger partial charge < -0.3 is 9.80 Å². The molecule has 2 saturated heterocycles. The third-order valence-electron chi connectivity index (χ3n) is 7.10. The summed E-state index contributed by atoms with van der Waals surface area (Å²) in [7, 11) is 0. The van der Waals surface area contributed by atoms with Crippen molar-refractivity contribution in [3.05, 3.63) is 29.2 Å². The lowest BCUT2D eigenvalue weighted by molar-refractivity contribution is 0.0591. The summed E-state index contributed by atoms with van der Waals surface area (Å²) in [5, 5.41) is 4.48. The van der Waals surface area contributed by atoms with Crippen LogP contribution in [0.3, 0.4) is 0 Å². The second-order valence-electron chi connectivity index (χ2n) is 9.97. The molecule has 1 amide bonds. The summed E-state index contributed by atoms with van der Waals surface area (Å²) >= 11 is 0. The first-order chi connectivity index (χ1) is 14.4. The molecule has 0 bridgehead atoms. The van der Waals surface area contributed by atoms with Crippen LogP contribution >= 0.6 is 0 Å². The number of carbonyl (C=O) groups is 2. The highest BCUT2D eigenvalue weighted by atomic mass is 16.2. The van der Waals surface area contributed by atoms with E-state index in [0.717, 1.165) is 38.0 Å². The Morgan fingerprint density at radius 1 is 1.03 bits per heavy atom. The Bertz CT molecular complexity index is 981. The molecule has 4 heterocycles. The molecule has 0 atom stereocenters. The van der Waals surface area contributed by atoms with E-state index in [0.29, 0.717) is 29.2 Å². The van der Waals surface area contributed by atoms with Crippen LogP contribution in [0.5, 0.6) is 0 Å². The first kappa shape index (κ1) is 19.7. The van der Waals surface area contributed by atoms with Crippen LogP contribution in [0.25, 0.3) is 5.65 Å². The average molecular weight is 410 g/mol. The SMILES string of the molecule is CC1(C)CC(=O)c2cnc3c(C(=O)N4CCC(N5CCCCC5)CC4)cnn3c2C1. The standard InChI is InChI=1S/C23H31N5O2/c1-23(2)12-19-17(20(29)13-23)14-24-21-18(15-25-28(19)21)22(30)27-10-6-16(7-11-27)26-8-4-3-5-9-26/h14-16H,3-13H2,1-2H3. The maximum Gasteiger partial charge on any atom is 0.259 e. The highest BCUT2D eigenvalue weighted by molar-refractivity contribution is 6.01. The predicted octanol–water partition coefficient (Wildman–Crippen LogP) is 2.97. The predicted molar refractivity (Wildman–Crippen MR) is 114 cm³/mol. The second kappa shape index (κ2) is 7.45. The van der Waals surface area contributed by atoms with E-state index < -0.39 is 0 Å².